The van der Waals surface area contributed by atoms with Crippen LogP contribution in [0.25, 0.3) is 44.2 Å². The van der Waals surface area contributed by atoms with Gasteiger partial charge in [0.05, 0.1) is 12.5 Å². The van der Waals surface area contributed by atoms with Crippen LogP contribution in [0.1, 0.15) is 48.8 Å². The van der Waals surface area contributed by atoms with Gasteiger partial charge in [-0.15, -0.1) is 0 Å². The van der Waals surface area contributed by atoms with Crippen LogP contribution in [0.3, 0.4) is 0 Å². The van der Waals surface area contributed by atoms with Gasteiger partial charge in [-0.05, 0) is 62.7 Å². The lowest BCUT2D eigenvalue weighted by Crippen LogP contribution is -2.30. The summed E-state index contributed by atoms with van der Waals surface area (Å²) >= 11 is 0. The van der Waals surface area contributed by atoms with Crippen molar-refractivity contribution in [2.45, 2.75) is 38.4 Å². The fraction of sp³-hybridized carbons (Fsp3) is 0.167. The van der Waals surface area contributed by atoms with Crippen LogP contribution < -0.4 is 9.47 Å². The molecule has 0 spiro atoms. The highest BCUT2D eigenvalue weighted by molar-refractivity contribution is 5.91. The second-order valence-corrected chi connectivity index (χ2v) is 13.3. The van der Waals surface area contributed by atoms with Crippen molar-refractivity contribution < 1.29 is 14.2 Å². The minimum absolute atomic E-state index is 0.109. The van der Waals surface area contributed by atoms with E-state index in [1.165, 1.54) is 33.2 Å². The number of benzene rings is 7. The summed E-state index contributed by atoms with van der Waals surface area (Å²) in [5.41, 5.74) is 10.6. The van der Waals surface area contributed by atoms with E-state index < -0.39 is 6.29 Å². The molecule has 3 heteroatoms. The Hall–Kier alpha value is -5.64. The lowest BCUT2D eigenvalue weighted by molar-refractivity contribution is -0.0942. The number of ether oxygens (including phenoxy) is 3. The summed E-state index contributed by atoms with van der Waals surface area (Å²) in [5.74, 6) is 2.01. The van der Waals surface area contributed by atoms with Gasteiger partial charge in [-0.1, -0.05) is 172 Å². The quantitative estimate of drug-likeness (QED) is 0.0959. The molecule has 51 heavy (non-hydrogen) atoms. The molecule has 2 unspecified atom stereocenters. The Kier molecular flexibility index (Phi) is 9.38. The Balaban J connectivity index is 1.14. The normalized spacial score (nSPS) is 13.4. The first-order valence-corrected chi connectivity index (χ1v) is 18.1. The van der Waals surface area contributed by atoms with E-state index in [9.17, 15) is 0 Å². The molecule has 1 aliphatic rings. The predicted molar refractivity (Wildman–Crippen MR) is 210 cm³/mol. The molecule has 1 aliphatic carbocycles. The summed E-state index contributed by atoms with van der Waals surface area (Å²) in [6, 6.07) is 57.4. The topological polar surface area (TPSA) is 27.7 Å². The van der Waals surface area contributed by atoms with Gasteiger partial charge in [0.1, 0.15) is 18.1 Å². The molecule has 252 valence electrons. The molecule has 8 rings (SSSR count). The maximum atomic E-state index is 7.05. The van der Waals surface area contributed by atoms with Gasteiger partial charge in [-0.25, -0.2) is 0 Å². The Morgan fingerprint density at radius 1 is 0.510 bits per heavy atom. The maximum Gasteiger partial charge on any atom is 0.211 e. The molecule has 0 radical (unpaired) electrons. The average Bonchev–Trinajstić information content (AvgIpc) is 3.53. The number of hydrogen-bond donors (Lipinski definition) is 0. The minimum Gasteiger partial charge on any atom is -0.490 e. The van der Waals surface area contributed by atoms with E-state index in [0.717, 1.165) is 45.6 Å². The van der Waals surface area contributed by atoms with Crippen molar-refractivity contribution in [3.8, 4) is 44.9 Å². The first-order chi connectivity index (χ1) is 25.2. The first kappa shape index (κ1) is 32.6. The van der Waals surface area contributed by atoms with E-state index in [0.29, 0.717) is 19.1 Å². The molecule has 0 N–H and O–H groups in total. The molecule has 7 aromatic carbocycles. The predicted octanol–water partition coefficient (Wildman–Crippen LogP) is 12.3. The van der Waals surface area contributed by atoms with Crippen molar-refractivity contribution in [2.24, 2.45) is 0 Å². The van der Waals surface area contributed by atoms with Crippen LogP contribution in [0, 0.1) is 0 Å². The molecule has 0 bridgehead atoms. The molecule has 0 saturated heterocycles. The van der Waals surface area contributed by atoms with Crippen molar-refractivity contribution in [1.82, 2.24) is 0 Å². The molecule has 0 amide bonds. The summed E-state index contributed by atoms with van der Waals surface area (Å²) in [5, 5.41) is 2.33. The van der Waals surface area contributed by atoms with E-state index in [1.54, 1.807) is 0 Å². The highest BCUT2D eigenvalue weighted by atomic mass is 16.7. The highest BCUT2D eigenvalue weighted by Crippen LogP contribution is 2.48. The third-order valence-electron chi connectivity index (χ3n) is 10.3. The van der Waals surface area contributed by atoms with E-state index in [4.69, 9.17) is 14.2 Å². The van der Waals surface area contributed by atoms with Crippen LogP contribution in [-0.2, 0) is 4.74 Å². The third-order valence-corrected chi connectivity index (χ3v) is 10.3. The zero-order valence-electron chi connectivity index (χ0n) is 29.2. The van der Waals surface area contributed by atoms with Crippen LogP contribution in [0.15, 0.2) is 164 Å². The van der Waals surface area contributed by atoms with E-state index in [1.807, 2.05) is 12.1 Å². The van der Waals surface area contributed by atoms with Crippen LogP contribution in [0.2, 0.25) is 0 Å². The van der Waals surface area contributed by atoms with Crippen LogP contribution in [-0.4, -0.2) is 19.5 Å². The van der Waals surface area contributed by atoms with Gasteiger partial charge in [0.25, 0.3) is 0 Å². The highest BCUT2D eigenvalue weighted by Gasteiger charge is 2.36. The SMILES string of the molecule is CCC(C)c1ccc(OC(OCCOc2c(-c3ccccc3)cccc2-c2ccccc2)C2c3ccccc3-c3ccccc32)c2ccccc12. The summed E-state index contributed by atoms with van der Waals surface area (Å²) < 4.78 is 20.6. The summed E-state index contributed by atoms with van der Waals surface area (Å²) in [6.07, 6.45) is 0.486. The largest absolute Gasteiger partial charge is 0.490 e. The number of rotatable bonds is 12. The Bertz CT molecular complexity index is 2160. The molecular weight excluding hydrogens is 625 g/mol. The van der Waals surface area contributed by atoms with Crippen LogP contribution in [0.4, 0.5) is 0 Å². The monoisotopic (exact) mass is 666 g/mol. The standard InChI is InChI=1S/C48H42O3/c1-3-33(2)36-29-30-45(42-24-13-10-21-39(36)42)51-48(46-43-25-14-11-22-40(43)41-23-12-15-26-44(41)46)50-32-31-49-47-37(34-17-6-4-7-18-34)27-16-28-38(47)35-19-8-5-9-20-35/h4-30,33,46,48H,3,31-32H2,1-2H3. The van der Waals surface area contributed by atoms with Crippen molar-refractivity contribution in [2.75, 3.05) is 13.2 Å². The van der Waals surface area contributed by atoms with Gasteiger partial charge in [0.2, 0.25) is 6.29 Å². The molecule has 2 atom stereocenters. The van der Waals surface area contributed by atoms with Crippen molar-refractivity contribution in [1.29, 1.82) is 0 Å². The summed E-state index contributed by atoms with van der Waals surface area (Å²) in [7, 11) is 0. The smallest absolute Gasteiger partial charge is 0.211 e. The molecule has 0 aliphatic heterocycles. The van der Waals surface area contributed by atoms with E-state index in [-0.39, 0.29) is 5.92 Å². The van der Waals surface area contributed by atoms with Gasteiger partial charge < -0.3 is 14.2 Å². The number of hydrogen-bond acceptors (Lipinski definition) is 3. The Morgan fingerprint density at radius 2 is 1.04 bits per heavy atom. The molecule has 3 nitrogen and oxygen atoms in total. The molecule has 0 saturated carbocycles. The molecule has 0 fully saturated rings. The maximum absolute atomic E-state index is 7.05. The van der Waals surface area contributed by atoms with E-state index >= 15 is 0 Å². The Labute approximate surface area is 301 Å². The summed E-state index contributed by atoms with van der Waals surface area (Å²) in [4.78, 5) is 0. The van der Waals surface area contributed by atoms with Gasteiger partial charge in [0.15, 0.2) is 0 Å². The average molecular weight is 667 g/mol. The lowest BCUT2D eigenvalue weighted by atomic mass is 9.92. The van der Waals surface area contributed by atoms with Gasteiger partial charge in [-0.3, -0.25) is 0 Å². The van der Waals surface area contributed by atoms with Crippen molar-refractivity contribution in [3.05, 3.63) is 180 Å². The van der Waals surface area contributed by atoms with Crippen molar-refractivity contribution in [3.63, 3.8) is 0 Å². The molecule has 0 heterocycles. The van der Waals surface area contributed by atoms with Gasteiger partial charge in [-0.2, -0.15) is 0 Å². The Morgan fingerprint density at radius 3 is 1.65 bits per heavy atom. The second-order valence-electron chi connectivity index (χ2n) is 13.3. The molecule has 7 aromatic rings. The van der Waals surface area contributed by atoms with Crippen LogP contribution in [0.5, 0.6) is 11.5 Å². The van der Waals surface area contributed by atoms with E-state index in [2.05, 4.69) is 166 Å². The van der Waals surface area contributed by atoms with Crippen LogP contribution >= 0.6 is 0 Å². The molecule has 0 aromatic heterocycles. The van der Waals surface area contributed by atoms with Gasteiger partial charge in [0, 0.05) is 16.5 Å². The third kappa shape index (κ3) is 6.42. The number of para-hydroxylation sites is 1. The fourth-order valence-electron chi connectivity index (χ4n) is 7.55. The first-order valence-electron chi connectivity index (χ1n) is 18.1. The number of fused-ring (bicyclic) bond motifs is 4. The minimum atomic E-state index is -0.589. The zero-order valence-corrected chi connectivity index (χ0v) is 29.2. The molecular formula is C48H42O3. The lowest BCUT2D eigenvalue weighted by Gasteiger charge is -2.28. The zero-order chi connectivity index (χ0) is 34.6. The fourth-order valence-corrected chi connectivity index (χ4v) is 7.55. The van der Waals surface area contributed by atoms with Gasteiger partial charge >= 0.3 is 0 Å². The second kappa shape index (κ2) is 14.7. The van der Waals surface area contributed by atoms with Crippen molar-refractivity contribution >= 4 is 10.8 Å². The summed E-state index contributed by atoms with van der Waals surface area (Å²) in [6.45, 7) is 5.23.